The molecule has 0 unspecified atom stereocenters. The lowest BCUT2D eigenvalue weighted by Gasteiger charge is -2.02. The topological polar surface area (TPSA) is 85.9 Å². The molecule has 2 aromatic carbocycles. The summed E-state index contributed by atoms with van der Waals surface area (Å²) in [5.41, 5.74) is 2.65. The molecule has 8 heteroatoms. The van der Waals surface area contributed by atoms with Crippen LogP contribution in [0.3, 0.4) is 0 Å². The molecule has 4 rings (SSSR count). The second-order valence-electron chi connectivity index (χ2n) is 5.71. The van der Waals surface area contributed by atoms with Crippen molar-refractivity contribution in [3.8, 4) is 11.3 Å². The predicted molar refractivity (Wildman–Crippen MR) is 108 cm³/mol. The summed E-state index contributed by atoms with van der Waals surface area (Å²) in [4.78, 5) is 15.5. The third-order valence-electron chi connectivity index (χ3n) is 3.83. The van der Waals surface area contributed by atoms with E-state index in [1.165, 1.54) is 29.7 Å². The minimum atomic E-state index is -0.583. The molecular formula is C20H14N4O3S. The van der Waals surface area contributed by atoms with Crippen LogP contribution in [0.1, 0.15) is 5.76 Å². The van der Waals surface area contributed by atoms with Crippen molar-refractivity contribution >= 4 is 29.1 Å². The van der Waals surface area contributed by atoms with Gasteiger partial charge in [-0.1, -0.05) is 48.5 Å². The molecule has 4 aromatic rings. The van der Waals surface area contributed by atoms with Crippen molar-refractivity contribution in [3.05, 3.63) is 98.9 Å². The predicted octanol–water partition coefficient (Wildman–Crippen LogP) is 4.83. The normalized spacial score (nSPS) is 11.9. The van der Waals surface area contributed by atoms with Crippen LogP contribution >= 0.6 is 11.3 Å². The Hall–Kier alpha value is -3.78. The molecule has 0 saturated carbocycles. The smallest absolute Gasteiger partial charge is 0.400 e. The van der Waals surface area contributed by atoms with Crippen LogP contribution in [0, 0.1) is 10.1 Å². The van der Waals surface area contributed by atoms with E-state index in [1.807, 2.05) is 66.0 Å². The summed E-state index contributed by atoms with van der Waals surface area (Å²) in [6.45, 7) is 0. The maximum Gasteiger partial charge on any atom is 0.433 e. The molecule has 7 nitrogen and oxygen atoms in total. The van der Waals surface area contributed by atoms with Gasteiger partial charge in [0.2, 0.25) is 4.80 Å². The molecule has 0 radical (unpaired) electrons. The van der Waals surface area contributed by atoms with E-state index in [9.17, 15) is 10.1 Å². The van der Waals surface area contributed by atoms with Gasteiger partial charge in [-0.2, -0.15) is 5.10 Å². The maximum absolute atomic E-state index is 10.8. The summed E-state index contributed by atoms with van der Waals surface area (Å²) in [5.74, 6) is -0.0377. The first-order valence-electron chi connectivity index (χ1n) is 8.35. The summed E-state index contributed by atoms with van der Waals surface area (Å²) in [6.07, 6.45) is 1.44. The second kappa shape index (κ2) is 7.85. The van der Waals surface area contributed by atoms with Gasteiger partial charge in [-0.25, -0.2) is 9.67 Å². The Balaban J connectivity index is 1.80. The zero-order chi connectivity index (χ0) is 19.3. The Labute approximate surface area is 163 Å². The number of furan rings is 1. The van der Waals surface area contributed by atoms with E-state index >= 15 is 0 Å². The molecule has 0 N–H and O–H groups in total. The van der Waals surface area contributed by atoms with Crippen LogP contribution in [0.2, 0.25) is 0 Å². The van der Waals surface area contributed by atoms with Crippen molar-refractivity contribution in [2.45, 2.75) is 0 Å². The number of para-hydroxylation sites is 1. The van der Waals surface area contributed by atoms with Crippen molar-refractivity contribution in [3.63, 3.8) is 0 Å². The summed E-state index contributed by atoms with van der Waals surface area (Å²) in [5, 5.41) is 17.2. The van der Waals surface area contributed by atoms with E-state index in [0.29, 0.717) is 4.80 Å². The Bertz CT molecular complexity index is 1190. The third kappa shape index (κ3) is 3.81. The first-order chi connectivity index (χ1) is 13.7. The van der Waals surface area contributed by atoms with Gasteiger partial charge in [0.05, 0.1) is 23.7 Å². The van der Waals surface area contributed by atoms with Gasteiger partial charge in [-0.3, -0.25) is 10.1 Å². The summed E-state index contributed by atoms with van der Waals surface area (Å²) in [6, 6.07) is 22.2. The van der Waals surface area contributed by atoms with E-state index < -0.39 is 4.92 Å². The number of aromatic nitrogens is 1. The standard InChI is InChI=1S/C20H14N4O3S/c25-24(26)19-12-11-17(27-19)13-21-23-18(15-7-3-1-4-8-15)14-28-20(23)22-16-9-5-2-6-10-16/h1-14H. The van der Waals surface area contributed by atoms with Crippen LogP contribution in [0.25, 0.3) is 11.3 Å². The molecule has 0 aliphatic rings. The first kappa shape index (κ1) is 17.6. The fourth-order valence-corrected chi connectivity index (χ4v) is 3.39. The van der Waals surface area contributed by atoms with E-state index in [-0.39, 0.29) is 11.6 Å². The SMILES string of the molecule is O=[N+]([O-])c1ccc(C=Nn2c(-c3ccccc3)csc2=Nc2ccccc2)o1. The number of hydrogen-bond donors (Lipinski definition) is 0. The Kier molecular flexibility index (Phi) is 4.94. The molecule has 0 aliphatic heterocycles. The van der Waals surface area contributed by atoms with Crippen molar-refractivity contribution in [2.24, 2.45) is 10.1 Å². The van der Waals surface area contributed by atoms with Gasteiger partial charge >= 0.3 is 5.88 Å². The average molecular weight is 390 g/mol. The Morgan fingerprint density at radius 2 is 1.71 bits per heavy atom. The highest BCUT2D eigenvalue weighted by atomic mass is 32.1. The zero-order valence-electron chi connectivity index (χ0n) is 14.5. The fourth-order valence-electron chi connectivity index (χ4n) is 2.53. The highest BCUT2D eigenvalue weighted by molar-refractivity contribution is 7.07. The number of hydrogen-bond acceptors (Lipinski definition) is 6. The summed E-state index contributed by atoms with van der Waals surface area (Å²) in [7, 11) is 0. The van der Waals surface area contributed by atoms with E-state index in [2.05, 4.69) is 10.1 Å². The van der Waals surface area contributed by atoms with Gasteiger partial charge in [0.1, 0.15) is 4.92 Å². The van der Waals surface area contributed by atoms with Gasteiger partial charge in [0, 0.05) is 10.9 Å². The number of nitro groups is 1. The van der Waals surface area contributed by atoms with Crippen molar-refractivity contribution in [2.75, 3.05) is 0 Å². The molecule has 0 spiro atoms. The van der Waals surface area contributed by atoms with Gasteiger partial charge in [0.25, 0.3) is 0 Å². The molecule has 0 aliphatic carbocycles. The van der Waals surface area contributed by atoms with Gasteiger partial charge in [-0.05, 0) is 18.2 Å². The second-order valence-corrected chi connectivity index (χ2v) is 6.54. The van der Waals surface area contributed by atoms with Crippen LogP contribution in [-0.4, -0.2) is 15.8 Å². The first-order valence-corrected chi connectivity index (χ1v) is 9.23. The monoisotopic (exact) mass is 390 g/mol. The lowest BCUT2D eigenvalue weighted by atomic mass is 10.2. The van der Waals surface area contributed by atoms with E-state index in [1.54, 1.807) is 4.68 Å². The molecule has 0 atom stereocenters. The number of nitrogens with zero attached hydrogens (tertiary/aromatic N) is 4. The van der Waals surface area contributed by atoms with Crippen LogP contribution in [-0.2, 0) is 0 Å². The van der Waals surface area contributed by atoms with E-state index in [4.69, 9.17) is 4.42 Å². The van der Waals surface area contributed by atoms with Gasteiger partial charge in [0.15, 0.2) is 5.76 Å². The highest BCUT2D eigenvalue weighted by Crippen LogP contribution is 2.21. The number of rotatable bonds is 5. The van der Waals surface area contributed by atoms with Crippen molar-refractivity contribution < 1.29 is 9.34 Å². The Morgan fingerprint density at radius 1 is 1.00 bits per heavy atom. The van der Waals surface area contributed by atoms with Gasteiger partial charge < -0.3 is 4.42 Å². The molecule has 0 fully saturated rings. The van der Waals surface area contributed by atoms with Gasteiger partial charge in [-0.15, -0.1) is 11.3 Å². The molecule has 2 aromatic heterocycles. The molecule has 2 heterocycles. The van der Waals surface area contributed by atoms with Crippen LogP contribution in [0.15, 0.2) is 92.7 Å². The summed E-state index contributed by atoms with van der Waals surface area (Å²) >= 11 is 1.45. The molecule has 138 valence electrons. The Morgan fingerprint density at radius 3 is 2.39 bits per heavy atom. The van der Waals surface area contributed by atoms with Crippen LogP contribution < -0.4 is 4.80 Å². The minimum Gasteiger partial charge on any atom is -0.400 e. The molecule has 0 amide bonds. The zero-order valence-corrected chi connectivity index (χ0v) is 15.3. The van der Waals surface area contributed by atoms with Crippen LogP contribution in [0.5, 0.6) is 0 Å². The van der Waals surface area contributed by atoms with Crippen LogP contribution in [0.4, 0.5) is 11.6 Å². The fraction of sp³-hybridized carbons (Fsp3) is 0. The van der Waals surface area contributed by atoms with Crippen molar-refractivity contribution in [1.29, 1.82) is 0 Å². The minimum absolute atomic E-state index is 0.287. The quantitative estimate of drug-likeness (QED) is 0.278. The number of thiazole rings is 1. The highest BCUT2D eigenvalue weighted by Gasteiger charge is 2.11. The number of benzene rings is 2. The lowest BCUT2D eigenvalue weighted by molar-refractivity contribution is -0.402. The molecular weight excluding hydrogens is 376 g/mol. The third-order valence-corrected chi connectivity index (χ3v) is 4.64. The summed E-state index contributed by atoms with van der Waals surface area (Å²) < 4.78 is 6.85. The van der Waals surface area contributed by atoms with Crippen molar-refractivity contribution in [1.82, 2.24) is 4.68 Å². The lowest BCUT2D eigenvalue weighted by Crippen LogP contribution is -2.11. The van der Waals surface area contributed by atoms with E-state index in [0.717, 1.165) is 16.9 Å². The average Bonchev–Trinajstić information content (AvgIpc) is 3.35. The maximum atomic E-state index is 10.8. The molecule has 0 saturated heterocycles. The largest absolute Gasteiger partial charge is 0.433 e. The molecule has 0 bridgehead atoms. The molecule has 28 heavy (non-hydrogen) atoms.